The summed E-state index contributed by atoms with van der Waals surface area (Å²) in [6.45, 7) is 2.01. The number of aromatic hydroxyl groups is 2. The van der Waals surface area contributed by atoms with Crippen LogP contribution in [0.25, 0.3) is 21.8 Å². The van der Waals surface area contributed by atoms with Crippen molar-refractivity contribution in [1.82, 2.24) is 14.9 Å². The van der Waals surface area contributed by atoms with E-state index < -0.39 is 0 Å². The van der Waals surface area contributed by atoms with Gasteiger partial charge in [-0.05, 0) is 53.1 Å². The van der Waals surface area contributed by atoms with E-state index in [-0.39, 0.29) is 11.5 Å². The van der Waals surface area contributed by atoms with E-state index in [0.717, 1.165) is 28.4 Å². The molecule has 5 rings (SSSR count). The summed E-state index contributed by atoms with van der Waals surface area (Å²) in [4.78, 5) is 10.9. The predicted octanol–water partition coefficient (Wildman–Crippen LogP) is 5.40. The van der Waals surface area contributed by atoms with Crippen LogP contribution in [0.5, 0.6) is 11.5 Å². The number of benzene rings is 3. The van der Waals surface area contributed by atoms with E-state index in [1.165, 1.54) is 5.56 Å². The third kappa shape index (κ3) is 4.24. The number of fused-ring (bicyclic) bond motifs is 2. The lowest BCUT2D eigenvalue weighted by atomic mass is 10.1. The molecule has 158 valence electrons. The highest BCUT2D eigenvalue weighted by molar-refractivity contribution is 5.85. The summed E-state index contributed by atoms with van der Waals surface area (Å²) in [5.41, 5.74) is 4.43. The molecular formula is C27H23N3O2. The maximum absolute atomic E-state index is 10.5. The molecule has 2 heterocycles. The van der Waals surface area contributed by atoms with Gasteiger partial charge >= 0.3 is 0 Å². The standard InChI is InChI=1S/C27H23N3O2/c31-24-14-20(12-22-8-4-10-28-26(22)24)17-30(16-19-6-2-1-3-7-19)18-21-13-23-9-5-11-29-27(23)25(32)15-21/h1-15,31-32H,16-18H2. The molecule has 0 saturated heterocycles. The van der Waals surface area contributed by atoms with Crippen LogP contribution in [0.2, 0.25) is 0 Å². The van der Waals surface area contributed by atoms with Crippen molar-refractivity contribution in [3.05, 3.63) is 108 Å². The van der Waals surface area contributed by atoms with Crippen LogP contribution in [-0.4, -0.2) is 25.1 Å². The molecule has 5 heteroatoms. The van der Waals surface area contributed by atoms with Gasteiger partial charge in [0.2, 0.25) is 0 Å². The largest absolute Gasteiger partial charge is 0.506 e. The van der Waals surface area contributed by atoms with E-state index in [9.17, 15) is 10.2 Å². The highest BCUT2D eigenvalue weighted by atomic mass is 16.3. The highest BCUT2D eigenvalue weighted by Gasteiger charge is 2.13. The molecule has 32 heavy (non-hydrogen) atoms. The Hall–Kier alpha value is -3.96. The first kappa shape index (κ1) is 20.0. The third-order valence-corrected chi connectivity index (χ3v) is 5.55. The number of pyridine rings is 2. The topological polar surface area (TPSA) is 69.5 Å². The summed E-state index contributed by atoms with van der Waals surface area (Å²) in [6.07, 6.45) is 3.37. The summed E-state index contributed by atoms with van der Waals surface area (Å²) in [7, 11) is 0. The Bertz CT molecular complexity index is 1300. The minimum Gasteiger partial charge on any atom is -0.506 e. The fourth-order valence-corrected chi connectivity index (χ4v) is 4.18. The molecule has 0 bridgehead atoms. The number of phenols is 2. The molecule has 0 aliphatic heterocycles. The first-order valence-corrected chi connectivity index (χ1v) is 10.6. The van der Waals surface area contributed by atoms with Gasteiger partial charge < -0.3 is 10.2 Å². The van der Waals surface area contributed by atoms with Gasteiger partial charge in [-0.25, -0.2) is 0 Å². The normalized spacial score (nSPS) is 11.4. The molecule has 0 amide bonds. The van der Waals surface area contributed by atoms with Crippen LogP contribution < -0.4 is 0 Å². The van der Waals surface area contributed by atoms with Crippen LogP contribution in [0.4, 0.5) is 0 Å². The lowest BCUT2D eigenvalue weighted by molar-refractivity contribution is 0.247. The van der Waals surface area contributed by atoms with Crippen LogP contribution in [0.3, 0.4) is 0 Å². The van der Waals surface area contributed by atoms with Gasteiger partial charge in [-0.2, -0.15) is 0 Å². The van der Waals surface area contributed by atoms with Gasteiger partial charge in [0.05, 0.1) is 0 Å². The molecular weight excluding hydrogens is 398 g/mol. The molecule has 0 unspecified atom stereocenters. The van der Waals surface area contributed by atoms with Gasteiger partial charge in [-0.1, -0.05) is 42.5 Å². The van der Waals surface area contributed by atoms with E-state index in [1.807, 2.05) is 42.5 Å². The van der Waals surface area contributed by atoms with Crippen LogP contribution >= 0.6 is 0 Å². The van der Waals surface area contributed by atoms with E-state index in [0.29, 0.717) is 24.1 Å². The van der Waals surface area contributed by atoms with Crippen molar-refractivity contribution in [3.63, 3.8) is 0 Å². The van der Waals surface area contributed by atoms with Crippen LogP contribution in [0, 0.1) is 0 Å². The molecule has 0 aliphatic rings. The van der Waals surface area contributed by atoms with Gasteiger partial charge in [0, 0.05) is 42.8 Å². The van der Waals surface area contributed by atoms with E-state index >= 15 is 0 Å². The number of rotatable bonds is 6. The lowest BCUT2D eigenvalue weighted by Gasteiger charge is -2.23. The van der Waals surface area contributed by atoms with Gasteiger partial charge in [0.15, 0.2) is 0 Å². The molecule has 0 radical (unpaired) electrons. The van der Waals surface area contributed by atoms with E-state index in [1.54, 1.807) is 24.5 Å². The monoisotopic (exact) mass is 421 g/mol. The first-order chi connectivity index (χ1) is 15.7. The number of hydrogen-bond donors (Lipinski definition) is 2. The molecule has 5 nitrogen and oxygen atoms in total. The second kappa shape index (κ2) is 8.65. The SMILES string of the molecule is Oc1cc(CN(Cc2ccccc2)Cc2cc(O)c3ncccc3c2)cc2cccnc12. The van der Waals surface area contributed by atoms with Crippen molar-refractivity contribution in [2.45, 2.75) is 19.6 Å². The summed E-state index contributed by atoms with van der Waals surface area (Å²) < 4.78 is 0. The van der Waals surface area contributed by atoms with Gasteiger partial charge in [-0.15, -0.1) is 0 Å². The van der Waals surface area contributed by atoms with Crippen molar-refractivity contribution < 1.29 is 10.2 Å². The lowest BCUT2D eigenvalue weighted by Crippen LogP contribution is -2.22. The van der Waals surface area contributed by atoms with Crippen molar-refractivity contribution in [2.24, 2.45) is 0 Å². The van der Waals surface area contributed by atoms with E-state index in [4.69, 9.17) is 0 Å². The zero-order chi connectivity index (χ0) is 21.9. The quantitative estimate of drug-likeness (QED) is 0.384. The van der Waals surface area contributed by atoms with Crippen LogP contribution in [-0.2, 0) is 19.6 Å². The van der Waals surface area contributed by atoms with Crippen molar-refractivity contribution in [2.75, 3.05) is 0 Å². The second-order valence-electron chi connectivity index (χ2n) is 8.01. The number of phenolic OH excluding ortho intramolecular Hbond substituents is 2. The molecule has 2 N–H and O–H groups in total. The number of nitrogens with zero attached hydrogens (tertiary/aromatic N) is 3. The maximum atomic E-state index is 10.5. The fraction of sp³-hybridized carbons (Fsp3) is 0.111. The maximum Gasteiger partial charge on any atom is 0.142 e. The smallest absolute Gasteiger partial charge is 0.142 e. The van der Waals surface area contributed by atoms with Crippen LogP contribution in [0.1, 0.15) is 16.7 Å². The van der Waals surface area contributed by atoms with Gasteiger partial charge in [-0.3, -0.25) is 14.9 Å². The second-order valence-corrected chi connectivity index (χ2v) is 8.01. The van der Waals surface area contributed by atoms with Crippen molar-refractivity contribution in [1.29, 1.82) is 0 Å². The Labute approximate surface area is 186 Å². The first-order valence-electron chi connectivity index (χ1n) is 10.6. The molecule has 0 atom stereocenters. The minimum absolute atomic E-state index is 0.187. The Morgan fingerprint density at radius 1 is 0.562 bits per heavy atom. The summed E-state index contributed by atoms with van der Waals surface area (Å²) in [5, 5.41) is 22.8. The third-order valence-electron chi connectivity index (χ3n) is 5.55. The van der Waals surface area contributed by atoms with Crippen LogP contribution in [0.15, 0.2) is 91.3 Å². The predicted molar refractivity (Wildman–Crippen MR) is 126 cm³/mol. The molecule has 0 saturated carbocycles. The number of hydrogen-bond acceptors (Lipinski definition) is 5. The zero-order valence-electron chi connectivity index (χ0n) is 17.5. The Morgan fingerprint density at radius 2 is 1.06 bits per heavy atom. The molecule has 2 aromatic heterocycles. The minimum atomic E-state index is 0.187. The van der Waals surface area contributed by atoms with Crippen molar-refractivity contribution in [3.8, 4) is 11.5 Å². The molecule has 0 aliphatic carbocycles. The Morgan fingerprint density at radius 3 is 1.59 bits per heavy atom. The van der Waals surface area contributed by atoms with Crippen molar-refractivity contribution >= 4 is 21.8 Å². The average molecular weight is 422 g/mol. The fourth-order valence-electron chi connectivity index (χ4n) is 4.18. The molecule has 0 spiro atoms. The van der Waals surface area contributed by atoms with E-state index in [2.05, 4.69) is 39.1 Å². The Balaban J connectivity index is 1.48. The molecule has 3 aromatic carbocycles. The zero-order valence-corrected chi connectivity index (χ0v) is 17.5. The van der Waals surface area contributed by atoms with Gasteiger partial charge in [0.1, 0.15) is 22.5 Å². The molecule has 0 fully saturated rings. The molecule has 5 aromatic rings. The Kier molecular flexibility index (Phi) is 5.40. The summed E-state index contributed by atoms with van der Waals surface area (Å²) >= 11 is 0. The number of aromatic nitrogens is 2. The summed E-state index contributed by atoms with van der Waals surface area (Å²) in [6, 6.07) is 25.7. The highest BCUT2D eigenvalue weighted by Crippen LogP contribution is 2.28. The average Bonchev–Trinajstić information content (AvgIpc) is 2.80. The summed E-state index contributed by atoms with van der Waals surface area (Å²) in [5.74, 6) is 0.374. The van der Waals surface area contributed by atoms with Gasteiger partial charge in [0.25, 0.3) is 0 Å².